The average molecular weight is 299 g/mol. The second-order valence-electron chi connectivity index (χ2n) is 4.84. The summed E-state index contributed by atoms with van der Waals surface area (Å²) in [5.41, 5.74) is 7.42. The van der Waals surface area contributed by atoms with Crippen LogP contribution in [0.25, 0.3) is 17.2 Å². The first-order valence-corrected chi connectivity index (χ1v) is 7.13. The molecule has 0 aliphatic rings. The summed E-state index contributed by atoms with van der Waals surface area (Å²) < 4.78 is 6.80. The topological polar surface area (TPSA) is 89.7 Å². The fourth-order valence-electron chi connectivity index (χ4n) is 2.33. The monoisotopic (exact) mass is 299 g/mol. The number of hydrogen-bond acceptors (Lipinski definition) is 5. The molecule has 0 saturated carbocycles. The number of nitrogens with zero attached hydrogens (tertiary/aromatic N) is 4. The van der Waals surface area contributed by atoms with Crippen LogP contribution in [0.2, 0.25) is 0 Å². The van der Waals surface area contributed by atoms with Gasteiger partial charge < -0.3 is 15.1 Å². The zero-order valence-electron chi connectivity index (χ0n) is 12.5. The molecular weight excluding hydrogens is 282 g/mol. The van der Waals surface area contributed by atoms with Crippen LogP contribution in [-0.4, -0.2) is 38.5 Å². The van der Waals surface area contributed by atoms with Crippen molar-refractivity contribution in [1.29, 1.82) is 0 Å². The zero-order chi connectivity index (χ0) is 15.7. The smallest absolute Gasteiger partial charge is 0.255 e. The molecule has 0 atom stereocenters. The fraction of sp³-hybridized carbons (Fsp3) is 0.267. The number of nitrogen functional groups attached to an aromatic ring is 1. The van der Waals surface area contributed by atoms with Gasteiger partial charge in [-0.1, -0.05) is 0 Å². The van der Waals surface area contributed by atoms with Crippen LogP contribution in [0, 0.1) is 0 Å². The Morgan fingerprint density at radius 2 is 2.18 bits per heavy atom. The maximum absolute atomic E-state index is 12.4. The van der Waals surface area contributed by atoms with E-state index in [0.29, 0.717) is 41.6 Å². The number of aromatic nitrogens is 3. The number of pyridine rings is 1. The maximum Gasteiger partial charge on any atom is 0.255 e. The third-order valence-corrected chi connectivity index (χ3v) is 3.50. The maximum atomic E-state index is 12.4. The van der Waals surface area contributed by atoms with E-state index in [1.807, 2.05) is 13.8 Å². The molecule has 0 aliphatic carbocycles. The summed E-state index contributed by atoms with van der Waals surface area (Å²) in [4.78, 5) is 18.5. The molecule has 0 aliphatic heterocycles. The molecule has 114 valence electrons. The van der Waals surface area contributed by atoms with E-state index in [1.165, 1.54) is 4.52 Å². The van der Waals surface area contributed by atoms with Crippen LogP contribution in [0.1, 0.15) is 24.2 Å². The third-order valence-electron chi connectivity index (χ3n) is 3.50. The van der Waals surface area contributed by atoms with Crippen molar-refractivity contribution >= 4 is 17.2 Å². The Morgan fingerprint density at radius 3 is 2.82 bits per heavy atom. The molecular formula is C15H17N5O2. The van der Waals surface area contributed by atoms with E-state index in [4.69, 9.17) is 10.2 Å². The molecule has 7 nitrogen and oxygen atoms in total. The van der Waals surface area contributed by atoms with E-state index in [9.17, 15) is 4.79 Å². The molecule has 0 saturated heterocycles. The van der Waals surface area contributed by atoms with E-state index >= 15 is 0 Å². The molecule has 0 spiro atoms. The van der Waals surface area contributed by atoms with E-state index in [2.05, 4.69) is 10.1 Å². The van der Waals surface area contributed by atoms with Gasteiger partial charge in [0.15, 0.2) is 11.4 Å². The number of fused-ring (bicyclic) bond motifs is 1. The van der Waals surface area contributed by atoms with Gasteiger partial charge in [0.05, 0.1) is 17.5 Å². The minimum atomic E-state index is -0.0753. The Hall–Kier alpha value is -2.83. The summed E-state index contributed by atoms with van der Waals surface area (Å²) in [6.07, 6.45) is 3.20. The molecule has 2 N–H and O–H groups in total. The number of amides is 1. The molecule has 0 bridgehead atoms. The first-order chi connectivity index (χ1) is 10.6. The van der Waals surface area contributed by atoms with Crippen LogP contribution in [-0.2, 0) is 0 Å². The number of carbonyl (C=O) groups excluding carboxylic acids is 1. The molecule has 22 heavy (non-hydrogen) atoms. The minimum Gasteiger partial charge on any atom is -0.461 e. The van der Waals surface area contributed by atoms with Gasteiger partial charge in [0, 0.05) is 19.3 Å². The molecule has 0 fully saturated rings. The van der Waals surface area contributed by atoms with Crippen LogP contribution < -0.4 is 5.73 Å². The number of anilines is 1. The van der Waals surface area contributed by atoms with Crippen molar-refractivity contribution in [1.82, 2.24) is 19.5 Å². The molecule has 3 rings (SSSR count). The van der Waals surface area contributed by atoms with Gasteiger partial charge >= 0.3 is 0 Å². The van der Waals surface area contributed by atoms with Crippen molar-refractivity contribution < 1.29 is 9.21 Å². The summed E-state index contributed by atoms with van der Waals surface area (Å²) in [7, 11) is 0. The second-order valence-corrected chi connectivity index (χ2v) is 4.84. The molecule has 3 heterocycles. The van der Waals surface area contributed by atoms with Crippen molar-refractivity contribution in [2.24, 2.45) is 0 Å². The van der Waals surface area contributed by atoms with Crippen molar-refractivity contribution in [2.45, 2.75) is 13.8 Å². The van der Waals surface area contributed by atoms with Crippen molar-refractivity contribution in [3.05, 3.63) is 36.2 Å². The highest BCUT2D eigenvalue weighted by Crippen LogP contribution is 2.21. The summed E-state index contributed by atoms with van der Waals surface area (Å²) in [5, 5.41) is 4.33. The molecule has 1 amide bonds. The average Bonchev–Trinajstić information content (AvgIpc) is 3.17. The lowest BCUT2D eigenvalue weighted by molar-refractivity contribution is 0.0772. The van der Waals surface area contributed by atoms with Gasteiger partial charge in [-0.3, -0.25) is 4.79 Å². The summed E-state index contributed by atoms with van der Waals surface area (Å²) in [6, 6.07) is 5.17. The Bertz CT molecular complexity index is 803. The number of hydrogen-bond donors (Lipinski definition) is 1. The van der Waals surface area contributed by atoms with Crippen LogP contribution in [0.3, 0.4) is 0 Å². The number of nitrogens with two attached hydrogens (primary N) is 1. The predicted molar refractivity (Wildman–Crippen MR) is 82.4 cm³/mol. The molecule has 0 aromatic carbocycles. The lowest BCUT2D eigenvalue weighted by Gasteiger charge is -2.18. The van der Waals surface area contributed by atoms with Gasteiger partial charge in [-0.25, -0.2) is 9.50 Å². The fourth-order valence-corrected chi connectivity index (χ4v) is 2.33. The lowest BCUT2D eigenvalue weighted by Crippen LogP contribution is -2.30. The van der Waals surface area contributed by atoms with Gasteiger partial charge in [-0.2, -0.15) is 0 Å². The first-order valence-electron chi connectivity index (χ1n) is 7.13. The summed E-state index contributed by atoms with van der Waals surface area (Å²) in [6.45, 7) is 5.16. The van der Waals surface area contributed by atoms with Crippen LogP contribution >= 0.6 is 0 Å². The highest BCUT2D eigenvalue weighted by Gasteiger charge is 2.17. The highest BCUT2D eigenvalue weighted by molar-refractivity contribution is 5.95. The minimum absolute atomic E-state index is 0.0753. The summed E-state index contributed by atoms with van der Waals surface area (Å²) in [5.74, 6) is 0.914. The molecule has 7 heteroatoms. The molecule has 3 aromatic heterocycles. The van der Waals surface area contributed by atoms with E-state index in [1.54, 1.807) is 35.6 Å². The van der Waals surface area contributed by atoms with Crippen molar-refractivity contribution in [3.63, 3.8) is 0 Å². The summed E-state index contributed by atoms with van der Waals surface area (Å²) >= 11 is 0. The lowest BCUT2D eigenvalue weighted by atomic mass is 10.2. The quantitative estimate of drug-likeness (QED) is 0.796. The van der Waals surface area contributed by atoms with E-state index < -0.39 is 0 Å². The highest BCUT2D eigenvalue weighted by atomic mass is 16.3. The van der Waals surface area contributed by atoms with Gasteiger partial charge in [0.25, 0.3) is 5.91 Å². The van der Waals surface area contributed by atoms with Gasteiger partial charge in [-0.15, -0.1) is 5.10 Å². The molecule has 3 aromatic rings. The number of carbonyl (C=O) groups is 1. The Morgan fingerprint density at radius 1 is 1.41 bits per heavy atom. The Balaban J connectivity index is 2.06. The van der Waals surface area contributed by atoms with Crippen LogP contribution in [0.4, 0.5) is 5.69 Å². The van der Waals surface area contributed by atoms with Crippen LogP contribution in [0.5, 0.6) is 0 Å². The molecule has 0 unspecified atom stereocenters. The van der Waals surface area contributed by atoms with Crippen molar-refractivity contribution in [2.75, 3.05) is 18.8 Å². The Labute approximate surface area is 127 Å². The largest absolute Gasteiger partial charge is 0.461 e. The number of furan rings is 1. The predicted octanol–water partition coefficient (Wildman–Crippen LogP) is 2.05. The number of rotatable bonds is 4. The normalized spacial score (nSPS) is 11.0. The van der Waals surface area contributed by atoms with Gasteiger partial charge in [-0.05, 0) is 32.0 Å². The zero-order valence-corrected chi connectivity index (χ0v) is 12.5. The van der Waals surface area contributed by atoms with E-state index in [-0.39, 0.29) is 5.91 Å². The second kappa shape index (κ2) is 5.51. The third kappa shape index (κ3) is 2.30. The van der Waals surface area contributed by atoms with Gasteiger partial charge in [0.1, 0.15) is 0 Å². The van der Waals surface area contributed by atoms with Crippen molar-refractivity contribution in [3.8, 4) is 11.6 Å². The van der Waals surface area contributed by atoms with Crippen LogP contribution in [0.15, 0.2) is 35.1 Å². The van der Waals surface area contributed by atoms with E-state index in [0.717, 1.165) is 0 Å². The standard InChI is InChI=1S/C15H17N5O2/c1-3-19(4-2)15(21)10-8-11(16)14-17-13(18-20(14)9-10)12-6-5-7-22-12/h5-9H,3-4,16H2,1-2H3. The van der Waals surface area contributed by atoms with Gasteiger partial charge in [0.2, 0.25) is 5.82 Å². The first kappa shape index (κ1) is 14.1. The molecule has 0 radical (unpaired) electrons. The SMILES string of the molecule is CCN(CC)C(=O)c1cc(N)c2nc(-c3ccco3)nn2c1. The Kier molecular flexibility index (Phi) is 3.54.